The molecule has 2 aromatic carbocycles. The second-order valence-corrected chi connectivity index (χ2v) is 8.28. The van der Waals surface area contributed by atoms with Crippen molar-refractivity contribution in [2.24, 2.45) is 0 Å². The molecule has 0 spiro atoms. The normalized spacial score (nSPS) is 14.5. The van der Waals surface area contributed by atoms with Crippen LogP contribution in [0.3, 0.4) is 0 Å². The predicted octanol–water partition coefficient (Wildman–Crippen LogP) is 2.60. The summed E-state index contributed by atoms with van der Waals surface area (Å²) in [5, 5.41) is 18.3. The summed E-state index contributed by atoms with van der Waals surface area (Å²) in [7, 11) is 1.43. The number of aromatic nitrogens is 3. The van der Waals surface area contributed by atoms with Gasteiger partial charge < -0.3 is 14.2 Å². The fraction of sp³-hybridized carbons (Fsp3) is 0.154. The van der Waals surface area contributed by atoms with Crippen molar-refractivity contribution >= 4 is 28.7 Å². The van der Waals surface area contributed by atoms with Gasteiger partial charge in [-0.1, -0.05) is 0 Å². The van der Waals surface area contributed by atoms with Crippen molar-refractivity contribution in [2.75, 3.05) is 13.7 Å². The van der Waals surface area contributed by atoms with Crippen LogP contribution in [0.2, 0.25) is 0 Å². The number of nitrogens with zero attached hydrogens (tertiary/aromatic N) is 4. The number of rotatable bonds is 8. The summed E-state index contributed by atoms with van der Waals surface area (Å²) in [6.45, 7) is 0.0521. The summed E-state index contributed by atoms with van der Waals surface area (Å²) in [4.78, 5) is 40.9. The lowest BCUT2D eigenvalue weighted by Crippen LogP contribution is -2.69. The van der Waals surface area contributed by atoms with Gasteiger partial charge in [0.05, 0.1) is 23.9 Å². The van der Waals surface area contributed by atoms with E-state index in [1.54, 1.807) is 53.3 Å². The Labute approximate surface area is 215 Å². The van der Waals surface area contributed by atoms with Gasteiger partial charge in [-0.15, -0.1) is 0 Å². The number of imide groups is 2. The average Bonchev–Trinajstić information content (AvgIpc) is 3.34. The Kier molecular flexibility index (Phi) is 6.42. The molecule has 12 nitrogen and oxygen atoms in total. The fourth-order valence-electron chi connectivity index (χ4n) is 3.91. The first kappa shape index (κ1) is 24.4. The van der Waals surface area contributed by atoms with Crippen LogP contribution in [0, 0.1) is 11.3 Å². The molecule has 3 heterocycles. The van der Waals surface area contributed by atoms with E-state index in [2.05, 4.69) is 20.7 Å². The highest BCUT2D eigenvalue weighted by molar-refractivity contribution is 6.21. The number of methoxy groups -OCH3 is 1. The van der Waals surface area contributed by atoms with Crippen molar-refractivity contribution in [1.29, 1.82) is 5.26 Å². The molecule has 4 aromatic rings. The Hall–Kier alpha value is -5.28. The molecule has 38 heavy (non-hydrogen) atoms. The molecule has 0 aliphatic carbocycles. The maximum absolute atomic E-state index is 12.6. The van der Waals surface area contributed by atoms with Gasteiger partial charge in [0, 0.05) is 25.1 Å². The summed E-state index contributed by atoms with van der Waals surface area (Å²) in [5.74, 6) is 0.106. The van der Waals surface area contributed by atoms with Gasteiger partial charge in [0.1, 0.15) is 23.3 Å². The third-order valence-corrected chi connectivity index (χ3v) is 5.83. The zero-order valence-corrected chi connectivity index (χ0v) is 20.0. The van der Waals surface area contributed by atoms with Crippen LogP contribution in [0.1, 0.15) is 12.0 Å². The highest BCUT2D eigenvalue weighted by Crippen LogP contribution is 2.30. The number of carbonyl (C=O) groups excluding carboxylic acids is 3. The molecule has 1 fully saturated rings. The summed E-state index contributed by atoms with van der Waals surface area (Å²) in [6, 6.07) is 16.3. The molecular weight excluding hydrogens is 492 g/mol. The van der Waals surface area contributed by atoms with Crippen molar-refractivity contribution in [2.45, 2.75) is 12.0 Å². The maximum Gasteiger partial charge on any atom is 0.328 e. The van der Waals surface area contributed by atoms with E-state index >= 15 is 0 Å². The van der Waals surface area contributed by atoms with Gasteiger partial charge in [-0.25, -0.2) is 14.5 Å². The lowest BCUT2D eigenvalue weighted by molar-refractivity contribution is -0.153. The molecule has 0 unspecified atom stereocenters. The molecule has 0 saturated carbocycles. The highest BCUT2D eigenvalue weighted by Gasteiger charge is 2.52. The molecule has 12 heteroatoms. The fourth-order valence-corrected chi connectivity index (χ4v) is 3.91. The minimum atomic E-state index is -1.96. The largest absolute Gasteiger partial charge is 0.467 e. The summed E-state index contributed by atoms with van der Waals surface area (Å²) >= 11 is 0. The number of barbiturate groups is 1. The molecule has 0 radical (unpaired) electrons. The zero-order chi connectivity index (χ0) is 26.7. The van der Waals surface area contributed by atoms with E-state index in [0.29, 0.717) is 22.9 Å². The SMILES string of the molecule is COCCC1(Oc2ccc(Oc3ccc4c(cnn4-c4ccc(C#N)cn4)c3)cc2)C(=O)NC(=O)NC1=O. The van der Waals surface area contributed by atoms with Gasteiger partial charge in [-0.2, -0.15) is 10.4 Å². The number of amides is 4. The van der Waals surface area contributed by atoms with Crippen LogP contribution in [-0.2, 0) is 14.3 Å². The van der Waals surface area contributed by atoms with Gasteiger partial charge >= 0.3 is 6.03 Å². The number of ether oxygens (including phenoxy) is 3. The van der Waals surface area contributed by atoms with E-state index in [9.17, 15) is 14.4 Å². The molecule has 190 valence electrons. The number of benzene rings is 2. The number of nitriles is 1. The lowest BCUT2D eigenvalue weighted by atomic mass is 9.95. The highest BCUT2D eigenvalue weighted by atomic mass is 16.5. The molecule has 0 bridgehead atoms. The number of fused-ring (bicyclic) bond motifs is 1. The Morgan fingerprint density at radius 3 is 2.32 bits per heavy atom. The molecule has 4 amide bonds. The van der Waals surface area contributed by atoms with Gasteiger partial charge in [-0.05, 0) is 54.6 Å². The van der Waals surface area contributed by atoms with Crippen LogP contribution in [0.5, 0.6) is 17.2 Å². The first-order chi connectivity index (χ1) is 18.4. The van der Waals surface area contributed by atoms with Crippen molar-refractivity contribution < 1.29 is 28.6 Å². The molecule has 5 rings (SSSR count). The van der Waals surface area contributed by atoms with E-state index in [1.807, 2.05) is 18.2 Å². The number of pyridine rings is 1. The van der Waals surface area contributed by atoms with Crippen molar-refractivity contribution in [3.05, 3.63) is 72.6 Å². The van der Waals surface area contributed by atoms with E-state index in [4.69, 9.17) is 19.5 Å². The molecular formula is C26H20N6O6. The first-order valence-corrected chi connectivity index (χ1v) is 11.4. The molecule has 2 N–H and O–H groups in total. The lowest BCUT2D eigenvalue weighted by Gasteiger charge is -2.34. The third kappa shape index (κ3) is 4.61. The second-order valence-electron chi connectivity index (χ2n) is 8.28. The molecule has 2 aromatic heterocycles. The number of urea groups is 1. The van der Waals surface area contributed by atoms with Crippen LogP contribution in [-0.4, -0.2) is 51.9 Å². The molecule has 1 aliphatic rings. The van der Waals surface area contributed by atoms with Gasteiger partial charge in [0.15, 0.2) is 5.82 Å². The Balaban J connectivity index is 1.32. The summed E-state index contributed by atoms with van der Waals surface area (Å²) in [6.07, 6.45) is 3.07. The number of nitrogens with one attached hydrogen (secondary N) is 2. The van der Waals surface area contributed by atoms with Crippen LogP contribution in [0.25, 0.3) is 16.7 Å². The quantitative estimate of drug-likeness (QED) is 0.339. The second kappa shape index (κ2) is 10.00. The van der Waals surface area contributed by atoms with Crippen molar-refractivity contribution in [3.63, 3.8) is 0 Å². The maximum atomic E-state index is 12.6. The number of carbonyl (C=O) groups is 3. The monoisotopic (exact) mass is 512 g/mol. The zero-order valence-electron chi connectivity index (χ0n) is 20.0. The molecule has 0 atom stereocenters. The van der Waals surface area contributed by atoms with E-state index in [0.717, 1.165) is 10.9 Å². The number of hydrogen-bond acceptors (Lipinski definition) is 9. The smallest absolute Gasteiger partial charge is 0.328 e. The third-order valence-electron chi connectivity index (χ3n) is 5.83. The Bertz CT molecular complexity index is 1550. The average molecular weight is 512 g/mol. The van der Waals surface area contributed by atoms with Crippen LogP contribution < -0.4 is 20.1 Å². The van der Waals surface area contributed by atoms with Crippen LogP contribution in [0.4, 0.5) is 4.79 Å². The standard InChI is InChI=1S/C26H20N6O6/c1-36-11-10-26(23(33)30-25(35)31-24(26)34)38-19-5-3-18(4-6-19)37-20-7-8-21-17(12-20)15-29-32(21)22-9-2-16(13-27)14-28-22/h2-9,12,14-15H,10-11H2,1H3,(H2,30,31,33,34,35). The summed E-state index contributed by atoms with van der Waals surface area (Å²) < 4.78 is 18.4. The van der Waals surface area contributed by atoms with Crippen LogP contribution in [0.15, 0.2) is 67.0 Å². The predicted molar refractivity (Wildman–Crippen MR) is 132 cm³/mol. The first-order valence-electron chi connectivity index (χ1n) is 11.4. The van der Waals surface area contributed by atoms with E-state index < -0.39 is 23.4 Å². The van der Waals surface area contributed by atoms with E-state index in [-0.39, 0.29) is 18.8 Å². The topological polar surface area (TPSA) is 157 Å². The Morgan fingerprint density at radius 2 is 1.66 bits per heavy atom. The molecule has 1 aliphatic heterocycles. The van der Waals surface area contributed by atoms with Gasteiger partial charge in [0.2, 0.25) is 0 Å². The Morgan fingerprint density at radius 1 is 0.947 bits per heavy atom. The number of hydrogen-bond donors (Lipinski definition) is 2. The van der Waals surface area contributed by atoms with Gasteiger partial charge in [-0.3, -0.25) is 20.2 Å². The van der Waals surface area contributed by atoms with Crippen molar-refractivity contribution in [1.82, 2.24) is 25.4 Å². The minimum Gasteiger partial charge on any atom is -0.467 e. The van der Waals surface area contributed by atoms with E-state index in [1.165, 1.54) is 13.3 Å². The minimum absolute atomic E-state index is 0.0521. The van der Waals surface area contributed by atoms with Crippen LogP contribution >= 0.6 is 0 Å². The molecule has 1 saturated heterocycles. The van der Waals surface area contributed by atoms with Gasteiger partial charge in [0.25, 0.3) is 17.4 Å². The summed E-state index contributed by atoms with van der Waals surface area (Å²) in [5.41, 5.74) is -0.689. The van der Waals surface area contributed by atoms with Crippen molar-refractivity contribution in [3.8, 4) is 29.1 Å².